The van der Waals surface area contributed by atoms with Crippen molar-refractivity contribution in [2.75, 3.05) is 12.8 Å². The number of aliphatic hydroxyl groups excluding tert-OH is 3. The van der Waals surface area contributed by atoms with Crippen LogP contribution >= 0.6 is 11.8 Å². The Morgan fingerprint density at radius 2 is 1.75 bits per heavy atom. The quantitative estimate of drug-likeness (QED) is 0.349. The summed E-state index contributed by atoms with van der Waals surface area (Å²) in [5.74, 6) is 1.42. The number of hydrogen-bond acceptors (Lipinski definition) is 7. The van der Waals surface area contributed by atoms with Crippen molar-refractivity contribution in [1.82, 2.24) is 10.6 Å². The highest BCUT2D eigenvalue weighted by Crippen LogP contribution is 2.32. The smallest absolute Gasteiger partial charge is 0.237 e. The van der Waals surface area contributed by atoms with Gasteiger partial charge in [-0.15, -0.1) is 11.8 Å². The second-order valence-corrected chi connectivity index (χ2v) is 11.4. The van der Waals surface area contributed by atoms with E-state index in [0.29, 0.717) is 5.92 Å². The topological polar surface area (TPSA) is 111 Å². The average Bonchev–Trinajstić information content (AvgIpc) is 3.30. The Kier molecular flexibility index (Phi) is 10.1. The molecule has 2 saturated heterocycles. The van der Waals surface area contributed by atoms with Crippen molar-refractivity contribution in [3.05, 3.63) is 0 Å². The molecule has 0 bridgehead atoms. The first kappa shape index (κ1) is 26.2. The second-order valence-electron chi connectivity index (χ2n) is 10.4. The summed E-state index contributed by atoms with van der Waals surface area (Å²) in [7, 11) is 0. The minimum atomic E-state index is -1.30. The number of piperidine rings is 1. The van der Waals surface area contributed by atoms with Gasteiger partial charge in [-0.1, -0.05) is 58.8 Å². The van der Waals surface area contributed by atoms with Crippen LogP contribution in [0.15, 0.2) is 0 Å². The minimum absolute atomic E-state index is 0.00523. The van der Waals surface area contributed by atoms with E-state index in [1.165, 1.54) is 56.7 Å². The van der Waals surface area contributed by atoms with E-state index in [2.05, 4.69) is 10.6 Å². The number of carbonyl (C=O) groups is 1. The van der Waals surface area contributed by atoms with Gasteiger partial charge in [-0.3, -0.25) is 4.79 Å². The van der Waals surface area contributed by atoms with Gasteiger partial charge in [0.2, 0.25) is 5.91 Å². The molecule has 2 heterocycles. The summed E-state index contributed by atoms with van der Waals surface area (Å²) < 4.78 is 5.93. The second kappa shape index (κ2) is 12.4. The van der Waals surface area contributed by atoms with Crippen LogP contribution in [-0.4, -0.2) is 76.0 Å². The molecule has 32 heavy (non-hydrogen) atoms. The third-order valence-corrected chi connectivity index (χ3v) is 8.60. The van der Waals surface area contributed by atoms with E-state index in [1.807, 2.05) is 13.8 Å². The van der Waals surface area contributed by atoms with Gasteiger partial charge in [-0.2, -0.15) is 0 Å². The molecule has 7 nitrogen and oxygen atoms in total. The Balaban J connectivity index is 1.54. The number of amides is 1. The van der Waals surface area contributed by atoms with E-state index >= 15 is 0 Å². The van der Waals surface area contributed by atoms with Gasteiger partial charge in [0.1, 0.15) is 29.9 Å². The first-order valence-electron chi connectivity index (χ1n) is 12.6. The van der Waals surface area contributed by atoms with Gasteiger partial charge in [0.05, 0.1) is 12.1 Å². The van der Waals surface area contributed by atoms with Crippen LogP contribution in [0.2, 0.25) is 0 Å². The van der Waals surface area contributed by atoms with Crippen LogP contribution < -0.4 is 10.6 Å². The monoisotopic (exact) mass is 472 g/mol. The number of carbonyl (C=O) groups excluding carboxylic acids is 1. The molecule has 3 aliphatic rings. The van der Waals surface area contributed by atoms with Gasteiger partial charge in [0.25, 0.3) is 0 Å². The van der Waals surface area contributed by atoms with E-state index in [9.17, 15) is 20.1 Å². The molecule has 186 valence electrons. The first-order valence-corrected chi connectivity index (χ1v) is 13.9. The van der Waals surface area contributed by atoms with Crippen molar-refractivity contribution in [2.24, 2.45) is 17.8 Å². The molecule has 8 atom stereocenters. The third kappa shape index (κ3) is 6.60. The number of ether oxygens (including phenoxy) is 1. The highest BCUT2D eigenvalue weighted by Gasteiger charge is 2.47. The van der Waals surface area contributed by atoms with Gasteiger partial charge in [-0.25, -0.2) is 0 Å². The standard InChI is InChI=1S/C24H44N2O5S/c1-14(2)18(22-20(28)19(27)21(29)24(31-22)32-3)26-23(30)17-13-16(11-12-25-17)10-6-9-15-7-4-5-8-15/h14-22,24-25,27-29H,4-13H2,1-3H3,(H,26,30). The Bertz CT molecular complexity index is 587. The summed E-state index contributed by atoms with van der Waals surface area (Å²) in [5.41, 5.74) is -0.645. The van der Waals surface area contributed by atoms with Gasteiger partial charge in [0, 0.05) is 0 Å². The number of aliphatic hydroxyl groups is 3. The Morgan fingerprint density at radius 1 is 1.06 bits per heavy atom. The van der Waals surface area contributed by atoms with Crippen LogP contribution in [0.4, 0.5) is 0 Å². The fraction of sp³-hybridized carbons (Fsp3) is 0.958. The molecule has 1 amide bonds. The largest absolute Gasteiger partial charge is 0.388 e. The van der Waals surface area contributed by atoms with E-state index < -0.39 is 35.9 Å². The Labute approximate surface area is 197 Å². The van der Waals surface area contributed by atoms with Gasteiger partial charge in [0.15, 0.2) is 0 Å². The van der Waals surface area contributed by atoms with Gasteiger partial charge in [-0.05, 0) is 43.4 Å². The predicted molar refractivity (Wildman–Crippen MR) is 127 cm³/mol. The Morgan fingerprint density at radius 3 is 2.41 bits per heavy atom. The summed E-state index contributed by atoms with van der Waals surface area (Å²) in [6.07, 6.45) is 8.60. The van der Waals surface area contributed by atoms with E-state index in [1.54, 1.807) is 6.26 Å². The molecule has 1 saturated carbocycles. The molecule has 0 radical (unpaired) electrons. The van der Waals surface area contributed by atoms with Crippen molar-refractivity contribution in [2.45, 2.75) is 114 Å². The van der Waals surface area contributed by atoms with E-state index in [0.717, 1.165) is 25.3 Å². The SMILES string of the molecule is CSC1OC(C(NC(=O)C2CC(CCCC3CCCC3)CCN2)C(C)C)C(O)C(O)C1O. The van der Waals surface area contributed by atoms with Crippen LogP contribution in [0.3, 0.4) is 0 Å². The lowest BCUT2D eigenvalue weighted by Gasteiger charge is -2.44. The predicted octanol–water partition coefficient (Wildman–Crippen LogP) is 2.03. The molecular weight excluding hydrogens is 428 g/mol. The number of nitrogens with one attached hydrogen (secondary N) is 2. The van der Waals surface area contributed by atoms with Crippen LogP contribution in [0, 0.1) is 17.8 Å². The van der Waals surface area contributed by atoms with Gasteiger partial charge >= 0.3 is 0 Å². The summed E-state index contributed by atoms with van der Waals surface area (Å²) in [4.78, 5) is 13.2. The van der Waals surface area contributed by atoms with Crippen molar-refractivity contribution >= 4 is 17.7 Å². The van der Waals surface area contributed by atoms with E-state index in [4.69, 9.17) is 4.74 Å². The maximum atomic E-state index is 13.2. The highest BCUT2D eigenvalue weighted by atomic mass is 32.2. The molecule has 5 N–H and O–H groups in total. The molecule has 3 rings (SSSR count). The number of rotatable bonds is 9. The lowest BCUT2D eigenvalue weighted by atomic mass is 9.85. The van der Waals surface area contributed by atoms with Crippen molar-refractivity contribution in [3.63, 3.8) is 0 Å². The summed E-state index contributed by atoms with van der Waals surface area (Å²) >= 11 is 1.29. The molecule has 1 aliphatic carbocycles. The summed E-state index contributed by atoms with van der Waals surface area (Å²) in [6.45, 7) is 4.78. The molecular formula is C24H44N2O5S. The zero-order chi connectivity index (χ0) is 23.3. The molecule has 0 aromatic heterocycles. The molecule has 3 fully saturated rings. The number of hydrogen-bond donors (Lipinski definition) is 5. The average molecular weight is 473 g/mol. The fourth-order valence-corrected chi connectivity index (χ4v) is 6.39. The van der Waals surface area contributed by atoms with Crippen LogP contribution in [0.1, 0.15) is 71.6 Å². The third-order valence-electron chi connectivity index (χ3n) is 7.75. The Hall–Kier alpha value is -0.380. The van der Waals surface area contributed by atoms with Gasteiger partial charge < -0.3 is 30.7 Å². The van der Waals surface area contributed by atoms with Crippen LogP contribution in [0.25, 0.3) is 0 Å². The normalized spacial score (nSPS) is 37.5. The van der Waals surface area contributed by atoms with Crippen molar-refractivity contribution < 1.29 is 24.9 Å². The van der Waals surface area contributed by atoms with Crippen molar-refractivity contribution in [1.29, 1.82) is 0 Å². The number of thioether (sulfide) groups is 1. The van der Waals surface area contributed by atoms with E-state index in [-0.39, 0.29) is 17.9 Å². The minimum Gasteiger partial charge on any atom is -0.388 e. The van der Waals surface area contributed by atoms with Crippen LogP contribution in [-0.2, 0) is 9.53 Å². The zero-order valence-corrected chi connectivity index (χ0v) is 20.7. The molecule has 0 aromatic carbocycles. The van der Waals surface area contributed by atoms with Crippen molar-refractivity contribution in [3.8, 4) is 0 Å². The summed E-state index contributed by atoms with van der Waals surface area (Å²) in [5, 5.41) is 37.5. The lowest BCUT2D eigenvalue weighted by Crippen LogP contribution is -2.65. The maximum Gasteiger partial charge on any atom is 0.237 e. The first-order chi connectivity index (χ1) is 15.3. The molecule has 0 aromatic rings. The molecule has 2 aliphatic heterocycles. The van der Waals surface area contributed by atoms with Crippen LogP contribution in [0.5, 0.6) is 0 Å². The zero-order valence-electron chi connectivity index (χ0n) is 19.9. The molecule has 8 unspecified atom stereocenters. The lowest BCUT2D eigenvalue weighted by molar-refractivity contribution is -0.208. The summed E-state index contributed by atoms with van der Waals surface area (Å²) in [6, 6.07) is -0.701. The molecule has 0 spiro atoms. The highest BCUT2D eigenvalue weighted by molar-refractivity contribution is 7.99. The maximum absolute atomic E-state index is 13.2. The molecule has 8 heteroatoms. The fourth-order valence-electron chi connectivity index (χ4n) is 5.71.